The Morgan fingerprint density at radius 1 is 0.587 bits per heavy atom. The van der Waals surface area contributed by atoms with Gasteiger partial charge in [-0.15, -0.1) is 0 Å². The maximum absolute atomic E-state index is 11.5. The van der Waals surface area contributed by atoms with Crippen molar-refractivity contribution < 1.29 is 18.9 Å². The Hall–Kier alpha value is -2.12. The van der Waals surface area contributed by atoms with Crippen LogP contribution in [0.15, 0.2) is 48.5 Å². The van der Waals surface area contributed by atoms with E-state index >= 15 is 0 Å². The molecule has 4 nitrogen and oxygen atoms in total. The van der Waals surface area contributed by atoms with Crippen LogP contribution in [0, 0.1) is 0 Å². The van der Waals surface area contributed by atoms with Gasteiger partial charge in [0.05, 0.1) is 14.2 Å². The van der Waals surface area contributed by atoms with Gasteiger partial charge in [-0.3, -0.25) is 0 Å². The Bertz CT molecular complexity index is 1360. The van der Waals surface area contributed by atoms with E-state index in [9.17, 15) is 4.89 Å². The molecule has 0 aromatic heterocycles. The summed E-state index contributed by atoms with van der Waals surface area (Å²) in [6, 6.07) is 17.8. The van der Waals surface area contributed by atoms with Crippen molar-refractivity contribution in [2.75, 3.05) is 26.5 Å². The SMILES string of the molecule is CC[P+](O)(CC)Oc1ccccc1P(c1cc(C(C)(C)C)c(OC)c(C(C)(C)C)c1)c1cc(C(C)(C)C)c(OC)c(C(C)(C)C)c1. The summed E-state index contributed by atoms with van der Waals surface area (Å²) in [5.74, 6) is 2.69. The molecule has 0 atom stereocenters. The molecule has 0 fully saturated rings. The molecule has 3 aromatic rings. The zero-order valence-electron chi connectivity index (χ0n) is 31.6. The normalized spacial score (nSPS) is 13.3. The third-order valence-electron chi connectivity index (χ3n) is 8.67. The Morgan fingerprint density at radius 3 is 1.20 bits per heavy atom. The number of rotatable bonds is 9. The second-order valence-electron chi connectivity index (χ2n) is 16.5. The lowest BCUT2D eigenvalue weighted by molar-refractivity contribution is 0.381. The Labute approximate surface area is 282 Å². The van der Waals surface area contributed by atoms with E-state index < -0.39 is 15.6 Å². The fraction of sp³-hybridized carbons (Fsp3) is 0.550. The van der Waals surface area contributed by atoms with E-state index in [4.69, 9.17) is 14.0 Å². The smallest absolute Gasteiger partial charge is 0.315 e. The fourth-order valence-electron chi connectivity index (χ4n) is 5.84. The molecule has 3 rings (SSSR count). The van der Waals surface area contributed by atoms with Crippen molar-refractivity contribution in [1.29, 1.82) is 0 Å². The van der Waals surface area contributed by atoms with E-state index in [1.807, 2.05) is 26.0 Å². The lowest BCUT2D eigenvalue weighted by Crippen LogP contribution is -2.29. The highest BCUT2D eigenvalue weighted by Crippen LogP contribution is 2.56. The second kappa shape index (κ2) is 13.8. The van der Waals surface area contributed by atoms with E-state index in [1.54, 1.807) is 14.2 Å². The molecule has 0 saturated heterocycles. The third kappa shape index (κ3) is 8.29. The number of benzene rings is 3. The molecule has 0 aliphatic carbocycles. The van der Waals surface area contributed by atoms with Crippen LogP contribution >= 0.6 is 15.6 Å². The summed E-state index contributed by atoms with van der Waals surface area (Å²) in [5.41, 5.74) is 4.15. The first-order valence-corrected chi connectivity index (χ1v) is 20.0. The van der Waals surface area contributed by atoms with Gasteiger partial charge in [0, 0.05) is 27.6 Å². The first-order chi connectivity index (χ1) is 21.0. The summed E-state index contributed by atoms with van der Waals surface area (Å²) in [5, 5.41) is 3.58. The highest BCUT2D eigenvalue weighted by molar-refractivity contribution is 7.80. The molecule has 0 amide bonds. The van der Waals surface area contributed by atoms with Crippen LogP contribution in [0.1, 0.15) is 119 Å². The number of para-hydroxylation sites is 1. The van der Waals surface area contributed by atoms with E-state index in [0.29, 0.717) is 12.3 Å². The van der Waals surface area contributed by atoms with Gasteiger partial charge in [0.2, 0.25) is 0 Å². The van der Waals surface area contributed by atoms with E-state index in [2.05, 4.69) is 119 Å². The molecule has 0 saturated carbocycles. The molecule has 0 heterocycles. The highest BCUT2D eigenvalue weighted by atomic mass is 31.2. The Morgan fingerprint density at radius 2 is 0.913 bits per heavy atom. The molecule has 1 N–H and O–H groups in total. The Kier molecular flexibility index (Phi) is 11.5. The lowest BCUT2D eigenvalue weighted by Gasteiger charge is -2.34. The van der Waals surface area contributed by atoms with Crippen LogP contribution in [0.4, 0.5) is 0 Å². The summed E-state index contributed by atoms with van der Waals surface area (Å²) in [4.78, 5) is 11.5. The maximum Gasteiger partial charge on any atom is 0.315 e. The van der Waals surface area contributed by atoms with Gasteiger partial charge in [-0.1, -0.05) is 95.2 Å². The number of ether oxygens (including phenoxy) is 2. The van der Waals surface area contributed by atoms with Gasteiger partial charge in [-0.05, 0) is 90.4 Å². The van der Waals surface area contributed by atoms with Crippen molar-refractivity contribution in [2.45, 2.75) is 119 Å². The van der Waals surface area contributed by atoms with Crippen LogP contribution in [0.3, 0.4) is 0 Å². The molecule has 3 aromatic carbocycles. The minimum absolute atomic E-state index is 0.151. The van der Waals surface area contributed by atoms with Crippen LogP contribution in [-0.2, 0) is 21.7 Å². The van der Waals surface area contributed by atoms with Gasteiger partial charge in [-0.25, -0.2) is 4.89 Å². The van der Waals surface area contributed by atoms with Gasteiger partial charge in [-0.2, -0.15) is 0 Å². The molecule has 46 heavy (non-hydrogen) atoms. The molecule has 0 spiro atoms. The fourth-order valence-corrected chi connectivity index (χ4v) is 9.60. The lowest BCUT2D eigenvalue weighted by atomic mass is 9.79. The molecule has 6 heteroatoms. The average Bonchev–Trinajstić information content (AvgIpc) is 2.95. The zero-order chi connectivity index (χ0) is 35.0. The van der Waals surface area contributed by atoms with E-state index in [-0.39, 0.29) is 21.7 Å². The largest absolute Gasteiger partial charge is 0.496 e. The highest BCUT2D eigenvalue weighted by Gasteiger charge is 2.38. The van der Waals surface area contributed by atoms with Crippen LogP contribution in [0.5, 0.6) is 17.2 Å². The molecule has 0 radical (unpaired) electrons. The quantitative estimate of drug-likeness (QED) is 0.231. The van der Waals surface area contributed by atoms with Crippen LogP contribution < -0.4 is 29.9 Å². The van der Waals surface area contributed by atoms with Gasteiger partial charge in [0.1, 0.15) is 23.8 Å². The summed E-state index contributed by atoms with van der Waals surface area (Å²) in [6.07, 6.45) is 1.21. The molecule has 0 bridgehead atoms. The summed E-state index contributed by atoms with van der Waals surface area (Å²) in [7, 11) is -0.166. The van der Waals surface area contributed by atoms with Crippen molar-refractivity contribution in [3.8, 4) is 17.2 Å². The zero-order valence-corrected chi connectivity index (χ0v) is 33.4. The standard InChI is InChI=1S/C40H61O4P2/c1-17-46(41,18-2)44-33-21-19-20-22-34(33)45(27-23-29(37(3,4)5)35(42-15)30(24-27)38(6,7)8)28-25-31(39(9,10)11)36(43-16)32(26-28)40(12,13)14/h19-26,41H,17-18H2,1-16H3/q+1. The van der Waals surface area contributed by atoms with Crippen molar-refractivity contribution >= 4 is 31.6 Å². The minimum Gasteiger partial charge on any atom is -0.496 e. The Balaban J connectivity index is 2.63. The van der Waals surface area contributed by atoms with E-state index in [1.165, 1.54) is 32.9 Å². The molecule has 0 aliphatic heterocycles. The third-order valence-corrected chi connectivity index (χ3v) is 13.6. The molecular weight excluding hydrogens is 606 g/mol. The predicted molar refractivity (Wildman–Crippen MR) is 204 cm³/mol. The predicted octanol–water partition coefficient (Wildman–Crippen LogP) is 9.91. The van der Waals surface area contributed by atoms with Crippen LogP contribution in [-0.4, -0.2) is 31.4 Å². The molecule has 0 aliphatic rings. The van der Waals surface area contributed by atoms with Crippen molar-refractivity contribution in [3.63, 3.8) is 0 Å². The van der Waals surface area contributed by atoms with Gasteiger partial charge in [0.15, 0.2) is 5.75 Å². The topological polar surface area (TPSA) is 47.9 Å². The van der Waals surface area contributed by atoms with Crippen molar-refractivity contribution in [3.05, 3.63) is 70.8 Å². The van der Waals surface area contributed by atoms with E-state index in [0.717, 1.165) is 22.6 Å². The van der Waals surface area contributed by atoms with Gasteiger partial charge < -0.3 is 14.0 Å². The summed E-state index contributed by atoms with van der Waals surface area (Å²) >= 11 is 0. The van der Waals surface area contributed by atoms with Crippen molar-refractivity contribution in [2.24, 2.45) is 0 Å². The molecular formula is C40H61O4P2+. The first-order valence-electron chi connectivity index (χ1n) is 16.7. The second-order valence-corrected chi connectivity index (χ2v) is 21.8. The van der Waals surface area contributed by atoms with Crippen molar-refractivity contribution in [1.82, 2.24) is 0 Å². The number of methoxy groups -OCH3 is 2. The maximum atomic E-state index is 11.5. The molecule has 0 unspecified atom stereocenters. The minimum atomic E-state index is -2.60. The monoisotopic (exact) mass is 667 g/mol. The van der Waals surface area contributed by atoms with Gasteiger partial charge in [0.25, 0.3) is 0 Å². The van der Waals surface area contributed by atoms with Gasteiger partial charge >= 0.3 is 7.72 Å². The first kappa shape index (κ1) is 38.3. The number of hydrogen-bond donors (Lipinski definition) is 1. The molecule has 254 valence electrons. The van der Waals surface area contributed by atoms with Crippen LogP contribution in [0.2, 0.25) is 0 Å². The average molecular weight is 668 g/mol. The summed E-state index contributed by atoms with van der Waals surface area (Å²) < 4.78 is 19.0. The summed E-state index contributed by atoms with van der Waals surface area (Å²) in [6.45, 7) is 31.2. The van der Waals surface area contributed by atoms with Crippen LogP contribution in [0.25, 0.3) is 0 Å². The number of hydrogen-bond acceptors (Lipinski definition) is 4.